The van der Waals surface area contributed by atoms with Crippen LogP contribution >= 0.6 is 11.3 Å². The number of fused-ring (bicyclic) bond motifs is 1. The summed E-state index contributed by atoms with van der Waals surface area (Å²) in [4.78, 5) is 30.8. The third kappa shape index (κ3) is 3.43. The first-order valence-electron chi connectivity index (χ1n) is 8.80. The average Bonchev–Trinajstić information content (AvgIpc) is 3.17. The molecule has 0 radical (unpaired) electrons. The number of hydrogen-bond donors (Lipinski definition) is 2. The highest BCUT2D eigenvalue weighted by Gasteiger charge is 2.32. The van der Waals surface area contributed by atoms with Crippen LogP contribution in [0.1, 0.15) is 16.8 Å². The van der Waals surface area contributed by atoms with Crippen LogP contribution in [0.25, 0.3) is 21.3 Å². The number of benzene rings is 2. The zero-order valence-electron chi connectivity index (χ0n) is 14.6. The minimum absolute atomic E-state index is 0.139. The zero-order chi connectivity index (χ0) is 18.8. The van der Waals surface area contributed by atoms with Crippen LogP contribution in [0.5, 0.6) is 0 Å². The number of thiazole rings is 1. The van der Waals surface area contributed by atoms with Gasteiger partial charge in [0, 0.05) is 25.3 Å². The predicted molar refractivity (Wildman–Crippen MR) is 105 cm³/mol. The van der Waals surface area contributed by atoms with Gasteiger partial charge < -0.3 is 15.3 Å². The maximum atomic E-state index is 12.9. The lowest BCUT2D eigenvalue weighted by Gasteiger charge is -2.34. The molecule has 2 amide bonds. The Morgan fingerprint density at radius 3 is 2.78 bits per heavy atom. The van der Waals surface area contributed by atoms with E-state index in [0.29, 0.717) is 18.7 Å². The van der Waals surface area contributed by atoms with Gasteiger partial charge in [0.1, 0.15) is 6.04 Å². The van der Waals surface area contributed by atoms with Crippen molar-refractivity contribution >= 4 is 33.4 Å². The molecule has 2 N–H and O–H groups in total. The Hall–Kier alpha value is -2.77. The molecule has 0 aliphatic carbocycles. The van der Waals surface area contributed by atoms with E-state index in [2.05, 4.69) is 10.3 Å². The molecule has 6 nitrogen and oxygen atoms in total. The first kappa shape index (κ1) is 17.6. The maximum absolute atomic E-state index is 12.9. The highest BCUT2D eigenvalue weighted by atomic mass is 32.1. The van der Waals surface area contributed by atoms with E-state index in [1.54, 1.807) is 28.4 Å². The third-order valence-electron chi connectivity index (χ3n) is 4.79. The Kier molecular flexibility index (Phi) is 4.87. The summed E-state index contributed by atoms with van der Waals surface area (Å²) in [6, 6.07) is 12.9. The van der Waals surface area contributed by atoms with Gasteiger partial charge in [-0.3, -0.25) is 9.59 Å². The molecular formula is C20H19N3O3S. The molecule has 1 aliphatic rings. The van der Waals surface area contributed by atoms with E-state index >= 15 is 0 Å². The average molecular weight is 381 g/mol. The van der Waals surface area contributed by atoms with Gasteiger partial charge in [0.2, 0.25) is 5.91 Å². The summed E-state index contributed by atoms with van der Waals surface area (Å²) in [5.74, 6) is -0.401. The third-order valence-corrected chi connectivity index (χ3v) is 5.60. The highest BCUT2D eigenvalue weighted by molar-refractivity contribution is 7.16. The van der Waals surface area contributed by atoms with Crippen LogP contribution in [0.3, 0.4) is 0 Å². The molecular weight excluding hydrogens is 362 g/mol. The zero-order valence-corrected chi connectivity index (χ0v) is 15.4. The minimum Gasteiger partial charge on any atom is -0.396 e. The van der Waals surface area contributed by atoms with Gasteiger partial charge in [-0.15, -0.1) is 11.3 Å². The molecule has 0 saturated carbocycles. The fraction of sp³-hybridized carbons (Fsp3) is 0.250. The van der Waals surface area contributed by atoms with Crippen LogP contribution in [0.2, 0.25) is 0 Å². The number of rotatable bonds is 4. The molecule has 2 aromatic carbocycles. The largest absolute Gasteiger partial charge is 0.396 e. The number of aliphatic hydroxyl groups is 1. The standard InChI is InChI=1S/C20H19N3O3S/c24-10-7-17-19(25)21-8-9-23(17)20(26)14-3-1-13(2-4-14)15-5-6-18-16(11-15)22-12-27-18/h1-6,11-12,17,24H,7-10H2,(H,21,25)/t17-/m1/s1. The number of carbonyl (C=O) groups is 2. The number of amides is 2. The molecule has 0 bridgehead atoms. The maximum Gasteiger partial charge on any atom is 0.254 e. The molecule has 2 heterocycles. The number of piperazine rings is 1. The van der Waals surface area contributed by atoms with E-state index in [1.165, 1.54) is 0 Å². The van der Waals surface area contributed by atoms with E-state index in [-0.39, 0.29) is 24.8 Å². The van der Waals surface area contributed by atoms with Crippen molar-refractivity contribution in [2.24, 2.45) is 0 Å². The van der Waals surface area contributed by atoms with E-state index in [9.17, 15) is 14.7 Å². The number of aliphatic hydroxyl groups excluding tert-OH is 1. The summed E-state index contributed by atoms with van der Waals surface area (Å²) in [6.07, 6.45) is 0.239. The van der Waals surface area contributed by atoms with Crippen LogP contribution in [-0.4, -0.2) is 52.5 Å². The summed E-state index contributed by atoms with van der Waals surface area (Å²) < 4.78 is 1.14. The molecule has 1 saturated heterocycles. The Labute approximate surface area is 160 Å². The molecule has 1 atom stereocenters. The van der Waals surface area contributed by atoms with Gasteiger partial charge in [-0.1, -0.05) is 18.2 Å². The van der Waals surface area contributed by atoms with Crippen LogP contribution in [-0.2, 0) is 4.79 Å². The smallest absolute Gasteiger partial charge is 0.254 e. The molecule has 0 unspecified atom stereocenters. The summed E-state index contributed by atoms with van der Waals surface area (Å²) in [7, 11) is 0. The van der Waals surface area contributed by atoms with Crippen molar-refractivity contribution in [3.63, 3.8) is 0 Å². The summed E-state index contributed by atoms with van der Waals surface area (Å²) in [5.41, 5.74) is 5.37. The van der Waals surface area contributed by atoms with E-state index in [4.69, 9.17) is 0 Å². The first-order chi connectivity index (χ1) is 13.2. The first-order valence-corrected chi connectivity index (χ1v) is 9.68. The normalized spacial score (nSPS) is 17.1. The second-order valence-electron chi connectivity index (χ2n) is 6.43. The second-order valence-corrected chi connectivity index (χ2v) is 7.32. The van der Waals surface area contributed by atoms with Crippen molar-refractivity contribution < 1.29 is 14.7 Å². The Morgan fingerprint density at radius 2 is 2.00 bits per heavy atom. The van der Waals surface area contributed by atoms with Crippen molar-refractivity contribution in [2.45, 2.75) is 12.5 Å². The molecule has 27 heavy (non-hydrogen) atoms. The van der Waals surface area contributed by atoms with Crippen molar-refractivity contribution in [1.82, 2.24) is 15.2 Å². The molecule has 0 spiro atoms. The van der Waals surface area contributed by atoms with Crippen molar-refractivity contribution in [1.29, 1.82) is 0 Å². The minimum atomic E-state index is -0.622. The molecule has 138 valence electrons. The highest BCUT2D eigenvalue weighted by Crippen LogP contribution is 2.26. The van der Waals surface area contributed by atoms with Crippen LogP contribution in [0.4, 0.5) is 0 Å². The topological polar surface area (TPSA) is 82.5 Å². The fourth-order valence-electron chi connectivity index (χ4n) is 3.38. The van der Waals surface area contributed by atoms with Crippen LogP contribution < -0.4 is 5.32 Å². The van der Waals surface area contributed by atoms with Crippen LogP contribution in [0.15, 0.2) is 48.0 Å². The predicted octanol–water partition coefficient (Wildman–Crippen LogP) is 2.29. The number of nitrogens with zero attached hydrogens (tertiary/aromatic N) is 2. The molecule has 1 fully saturated rings. The van der Waals surface area contributed by atoms with Crippen molar-refractivity contribution in [2.75, 3.05) is 19.7 Å². The summed E-state index contributed by atoms with van der Waals surface area (Å²) in [5, 5.41) is 12.0. The van der Waals surface area contributed by atoms with E-state index in [0.717, 1.165) is 21.3 Å². The molecule has 7 heteroatoms. The monoisotopic (exact) mass is 381 g/mol. The Morgan fingerprint density at radius 1 is 1.22 bits per heavy atom. The van der Waals surface area contributed by atoms with Gasteiger partial charge in [-0.2, -0.15) is 0 Å². The number of carbonyl (C=O) groups excluding carboxylic acids is 2. The van der Waals surface area contributed by atoms with Gasteiger partial charge in [0.05, 0.1) is 15.7 Å². The van der Waals surface area contributed by atoms with Gasteiger partial charge in [-0.05, 0) is 41.8 Å². The van der Waals surface area contributed by atoms with Gasteiger partial charge in [0.25, 0.3) is 5.91 Å². The summed E-state index contributed by atoms with van der Waals surface area (Å²) >= 11 is 1.61. The lowest BCUT2D eigenvalue weighted by molar-refractivity contribution is -0.128. The summed E-state index contributed by atoms with van der Waals surface area (Å²) in [6.45, 7) is 0.732. The van der Waals surface area contributed by atoms with Gasteiger partial charge in [0.15, 0.2) is 0 Å². The number of aromatic nitrogens is 1. The van der Waals surface area contributed by atoms with Crippen molar-refractivity contribution in [3.8, 4) is 11.1 Å². The number of hydrogen-bond acceptors (Lipinski definition) is 5. The van der Waals surface area contributed by atoms with Crippen LogP contribution in [0, 0.1) is 0 Å². The molecule has 3 aromatic rings. The number of nitrogens with one attached hydrogen (secondary N) is 1. The molecule has 1 aromatic heterocycles. The molecule has 1 aliphatic heterocycles. The quantitative estimate of drug-likeness (QED) is 0.726. The molecule has 4 rings (SSSR count). The Bertz CT molecular complexity index is 984. The fourth-order valence-corrected chi connectivity index (χ4v) is 4.03. The Balaban J connectivity index is 1.57. The second kappa shape index (κ2) is 7.46. The lowest BCUT2D eigenvalue weighted by atomic mass is 10.0. The van der Waals surface area contributed by atoms with E-state index < -0.39 is 6.04 Å². The van der Waals surface area contributed by atoms with Crippen molar-refractivity contribution in [3.05, 3.63) is 53.5 Å². The SMILES string of the molecule is O=C1NCCN(C(=O)c2ccc(-c3ccc4scnc4c3)cc2)[C@@H]1CCO. The van der Waals surface area contributed by atoms with Gasteiger partial charge >= 0.3 is 0 Å². The van der Waals surface area contributed by atoms with Gasteiger partial charge in [-0.25, -0.2) is 4.98 Å². The lowest BCUT2D eigenvalue weighted by Crippen LogP contribution is -2.57. The van der Waals surface area contributed by atoms with E-state index in [1.807, 2.05) is 35.8 Å².